The molecule has 1 heterocycles. The summed E-state index contributed by atoms with van der Waals surface area (Å²) in [6.07, 6.45) is 0.509. The lowest BCUT2D eigenvalue weighted by molar-refractivity contribution is -0.447. The van der Waals surface area contributed by atoms with E-state index in [1.54, 1.807) is 6.92 Å². The predicted octanol–water partition coefficient (Wildman–Crippen LogP) is -3.86. The number of rotatable bonds is 3. The van der Waals surface area contributed by atoms with Gasteiger partial charge in [-0.3, -0.25) is 15.6 Å². The van der Waals surface area contributed by atoms with Gasteiger partial charge in [0.1, 0.15) is 6.04 Å². The Labute approximate surface area is 70.9 Å². The Kier molecular flexibility index (Phi) is 2.90. The molecule has 0 saturated carbocycles. The van der Waals surface area contributed by atoms with E-state index in [2.05, 4.69) is 15.6 Å². The second-order valence-corrected chi connectivity index (χ2v) is 2.65. The molecule has 0 aromatic rings. The molecule has 1 rings (SSSR count). The molecule has 0 fully saturated rings. The van der Waals surface area contributed by atoms with E-state index < -0.39 is 12.0 Å². The summed E-state index contributed by atoms with van der Waals surface area (Å²) in [6.45, 7) is 3.45. The van der Waals surface area contributed by atoms with Gasteiger partial charge in [-0.15, -0.1) is 0 Å². The van der Waals surface area contributed by atoms with Crippen molar-refractivity contribution in [3.63, 3.8) is 0 Å². The smallest absolute Gasteiger partial charge is 0.344 e. The number of hydrogen-bond acceptors (Lipinski definition) is 4. The van der Waals surface area contributed by atoms with Crippen molar-refractivity contribution in [1.29, 1.82) is 0 Å². The molecule has 0 aliphatic carbocycles. The van der Waals surface area contributed by atoms with Gasteiger partial charge in [-0.05, 0) is 6.42 Å². The molecule has 0 amide bonds. The van der Waals surface area contributed by atoms with Gasteiger partial charge in [0, 0.05) is 0 Å². The average Bonchev–Trinajstić information content (AvgIpc) is 2.51. The lowest BCUT2D eigenvalue weighted by Crippen LogP contribution is -2.75. The summed E-state index contributed by atoms with van der Waals surface area (Å²) in [5, 5.41) is 16.3. The fourth-order valence-electron chi connectivity index (χ4n) is 1.04. The molecule has 5 nitrogen and oxygen atoms in total. The van der Waals surface area contributed by atoms with Crippen LogP contribution in [0.1, 0.15) is 13.3 Å². The Morgan fingerprint density at radius 3 is 3.08 bits per heavy atom. The molecule has 0 aromatic heterocycles. The quantitative estimate of drug-likeness (QED) is 0.406. The second-order valence-electron chi connectivity index (χ2n) is 2.65. The molecule has 12 heavy (non-hydrogen) atoms. The first-order chi connectivity index (χ1) is 5.74. The van der Waals surface area contributed by atoms with Crippen molar-refractivity contribution >= 4 is 11.9 Å². The highest BCUT2D eigenvalue weighted by atomic mass is 16.4. The minimum Gasteiger partial charge on any atom is -0.546 e. The molecule has 0 aromatic carbocycles. The Morgan fingerprint density at radius 1 is 1.92 bits per heavy atom. The number of nitrogens with one attached hydrogen (secondary N) is 3. The standard InChI is InChI=1S/C7H13N3O2/c1-2-5(6(11)12)10-7-8-3-4-9-7/h5H,2-4H2,1H3,(H,11,12)(H2,8,9,10)/t5-/m0/s1. The van der Waals surface area contributed by atoms with Crippen LogP contribution in [-0.4, -0.2) is 31.1 Å². The fraction of sp³-hybridized carbons (Fsp3) is 0.714. The summed E-state index contributed by atoms with van der Waals surface area (Å²) in [4.78, 5) is 13.5. The van der Waals surface area contributed by atoms with Crippen molar-refractivity contribution in [1.82, 2.24) is 10.6 Å². The Bertz CT molecular complexity index is 203. The van der Waals surface area contributed by atoms with E-state index in [-0.39, 0.29) is 0 Å². The van der Waals surface area contributed by atoms with E-state index in [0.29, 0.717) is 12.4 Å². The Hall–Kier alpha value is -1.26. The normalized spacial score (nSPS) is 17.9. The molecule has 0 radical (unpaired) electrons. The van der Waals surface area contributed by atoms with Gasteiger partial charge in [0.05, 0.1) is 19.1 Å². The lowest BCUT2D eigenvalue weighted by atomic mass is 10.2. The minimum absolute atomic E-state index is 0.509. The van der Waals surface area contributed by atoms with E-state index in [1.165, 1.54) is 0 Å². The van der Waals surface area contributed by atoms with Crippen molar-refractivity contribution in [2.45, 2.75) is 19.4 Å². The maximum atomic E-state index is 10.5. The van der Waals surface area contributed by atoms with E-state index in [1.807, 2.05) is 0 Å². The predicted molar refractivity (Wildman–Crippen MR) is 41.1 cm³/mol. The summed E-state index contributed by atoms with van der Waals surface area (Å²) in [6, 6.07) is -0.613. The molecular weight excluding hydrogens is 158 g/mol. The summed E-state index contributed by atoms with van der Waals surface area (Å²) < 4.78 is 0. The van der Waals surface area contributed by atoms with E-state index in [0.717, 1.165) is 13.1 Å². The topological polar surface area (TPSA) is 78.2 Å². The van der Waals surface area contributed by atoms with E-state index in [4.69, 9.17) is 0 Å². The van der Waals surface area contributed by atoms with Crippen molar-refractivity contribution in [3.8, 4) is 0 Å². The summed E-state index contributed by atoms with van der Waals surface area (Å²) >= 11 is 0. The number of carboxylic acids is 1. The minimum atomic E-state index is -1.07. The number of carbonyl (C=O) groups is 1. The van der Waals surface area contributed by atoms with Crippen molar-refractivity contribution in [2.75, 3.05) is 13.1 Å². The van der Waals surface area contributed by atoms with Crippen LogP contribution in [0.15, 0.2) is 0 Å². The largest absolute Gasteiger partial charge is 0.546 e. The van der Waals surface area contributed by atoms with Crippen molar-refractivity contribution in [3.05, 3.63) is 0 Å². The van der Waals surface area contributed by atoms with Gasteiger partial charge in [-0.25, -0.2) is 0 Å². The Morgan fingerprint density at radius 2 is 2.67 bits per heavy atom. The molecule has 68 valence electrons. The molecule has 0 bridgehead atoms. The van der Waals surface area contributed by atoms with Crippen LogP contribution in [0.5, 0.6) is 0 Å². The number of aliphatic carboxylic acids is 1. The van der Waals surface area contributed by atoms with Gasteiger partial charge in [0.15, 0.2) is 0 Å². The van der Waals surface area contributed by atoms with Gasteiger partial charge in [-0.2, -0.15) is 0 Å². The highest BCUT2D eigenvalue weighted by Gasteiger charge is 2.17. The zero-order valence-electron chi connectivity index (χ0n) is 7.02. The third-order valence-corrected chi connectivity index (χ3v) is 1.74. The zero-order valence-corrected chi connectivity index (χ0v) is 7.02. The van der Waals surface area contributed by atoms with Crippen LogP contribution >= 0.6 is 0 Å². The molecule has 0 saturated heterocycles. The van der Waals surface area contributed by atoms with E-state index >= 15 is 0 Å². The van der Waals surface area contributed by atoms with Gasteiger partial charge >= 0.3 is 5.96 Å². The summed E-state index contributed by atoms with van der Waals surface area (Å²) in [7, 11) is 0. The molecule has 3 N–H and O–H groups in total. The highest BCUT2D eigenvalue weighted by molar-refractivity contribution is 5.81. The Balaban J connectivity index is 2.41. The first kappa shape index (κ1) is 8.83. The fourth-order valence-corrected chi connectivity index (χ4v) is 1.04. The molecule has 0 spiro atoms. The van der Waals surface area contributed by atoms with Crippen LogP contribution in [-0.2, 0) is 4.79 Å². The number of carbonyl (C=O) groups excluding carboxylic acids is 1. The molecule has 0 unspecified atom stereocenters. The molecule has 1 aliphatic rings. The van der Waals surface area contributed by atoms with Crippen LogP contribution in [0.25, 0.3) is 0 Å². The zero-order chi connectivity index (χ0) is 8.97. The molecular formula is C7H13N3O2. The van der Waals surface area contributed by atoms with Crippen molar-refractivity contribution < 1.29 is 14.9 Å². The monoisotopic (exact) mass is 171 g/mol. The van der Waals surface area contributed by atoms with Crippen LogP contribution in [0.2, 0.25) is 0 Å². The summed E-state index contributed by atoms with van der Waals surface area (Å²) in [5.41, 5.74) is 0. The first-order valence-electron chi connectivity index (χ1n) is 4.06. The third kappa shape index (κ3) is 2.11. The molecule has 1 aliphatic heterocycles. The molecule has 5 heteroatoms. The maximum Gasteiger partial charge on any atom is 0.344 e. The third-order valence-electron chi connectivity index (χ3n) is 1.74. The van der Waals surface area contributed by atoms with Crippen LogP contribution < -0.4 is 20.7 Å². The number of hydrogen-bond donors (Lipinski definition) is 3. The van der Waals surface area contributed by atoms with Crippen LogP contribution in [0.4, 0.5) is 0 Å². The van der Waals surface area contributed by atoms with Gasteiger partial charge in [0.2, 0.25) is 0 Å². The first-order valence-corrected chi connectivity index (χ1v) is 4.06. The van der Waals surface area contributed by atoms with Crippen LogP contribution in [0.3, 0.4) is 0 Å². The molecule has 1 atom stereocenters. The van der Waals surface area contributed by atoms with E-state index in [9.17, 15) is 9.90 Å². The second kappa shape index (κ2) is 3.94. The van der Waals surface area contributed by atoms with Gasteiger partial charge in [-0.1, -0.05) is 6.92 Å². The lowest BCUT2D eigenvalue weighted by Gasteiger charge is -2.13. The number of carboxylic acid groups (broad SMARTS) is 1. The highest BCUT2D eigenvalue weighted by Crippen LogP contribution is 1.86. The van der Waals surface area contributed by atoms with Gasteiger partial charge < -0.3 is 9.90 Å². The summed E-state index contributed by atoms with van der Waals surface area (Å²) in [5.74, 6) is -0.383. The number of guanidine groups is 1. The average molecular weight is 171 g/mol. The van der Waals surface area contributed by atoms with Crippen LogP contribution in [0, 0.1) is 0 Å². The maximum absolute atomic E-state index is 10.5. The SMILES string of the molecule is CC[C@H](NC1=[NH+]CCN1)C(=O)[O-]. The van der Waals surface area contributed by atoms with Crippen molar-refractivity contribution in [2.24, 2.45) is 0 Å². The van der Waals surface area contributed by atoms with Gasteiger partial charge in [0.25, 0.3) is 0 Å².